The zero-order valence-electron chi connectivity index (χ0n) is 21.7. The highest BCUT2D eigenvalue weighted by atomic mass is 16.5. The summed E-state index contributed by atoms with van der Waals surface area (Å²) in [4.78, 5) is 60.6. The molecule has 0 bridgehead atoms. The van der Waals surface area contributed by atoms with Crippen LogP contribution in [0, 0.1) is 18.8 Å². The highest BCUT2D eigenvalue weighted by molar-refractivity contribution is 6.48. The Hall–Kier alpha value is -4.14. The van der Waals surface area contributed by atoms with E-state index in [2.05, 4.69) is 10.1 Å². The molecule has 2 saturated heterocycles. The maximum atomic E-state index is 13.4. The summed E-state index contributed by atoms with van der Waals surface area (Å²) in [6.45, 7) is 6.61. The predicted molar refractivity (Wildman–Crippen MR) is 139 cm³/mol. The van der Waals surface area contributed by atoms with Crippen molar-refractivity contribution in [1.82, 2.24) is 15.0 Å². The Kier molecular flexibility index (Phi) is 6.93. The molecular weight excluding hydrogens is 484 g/mol. The van der Waals surface area contributed by atoms with Gasteiger partial charge < -0.3 is 9.42 Å². The molecule has 2 fully saturated rings. The van der Waals surface area contributed by atoms with Gasteiger partial charge in [-0.3, -0.25) is 24.1 Å². The summed E-state index contributed by atoms with van der Waals surface area (Å²) in [6.07, 6.45) is 2.11. The van der Waals surface area contributed by atoms with Gasteiger partial charge in [-0.25, -0.2) is 0 Å². The van der Waals surface area contributed by atoms with Crippen LogP contribution in [0.25, 0.3) is 11.4 Å². The predicted octanol–water partition coefficient (Wildman–Crippen LogP) is 3.71. The van der Waals surface area contributed by atoms with E-state index in [-0.39, 0.29) is 18.1 Å². The summed E-state index contributed by atoms with van der Waals surface area (Å²) in [7, 11) is 0. The number of amides is 2. The maximum Gasteiger partial charge on any atom is 0.295 e. The monoisotopic (exact) mass is 514 g/mol. The van der Waals surface area contributed by atoms with E-state index in [0.29, 0.717) is 34.1 Å². The van der Waals surface area contributed by atoms with Gasteiger partial charge in [0.2, 0.25) is 23.4 Å². The SMILES string of the molecule is Cc1nc(-c2ccc(N3C(=O)C(=O)C(C(=O)C(C)C)C3c3ccccc3CC(=O)N3CCCC3)cc2)no1. The Bertz CT molecular complexity index is 1390. The molecule has 0 spiro atoms. The van der Waals surface area contributed by atoms with Crippen molar-refractivity contribution in [3.63, 3.8) is 0 Å². The van der Waals surface area contributed by atoms with E-state index in [1.807, 2.05) is 29.2 Å². The third kappa shape index (κ3) is 4.64. The Labute approximate surface area is 220 Å². The lowest BCUT2D eigenvalue weighted by atomic mass is 9.83. The minimum Gasteiger partial charge on any atom is -0.342 e. The van der Waals surface area contributed by atoms with E-state index in [1.165, 1.54) is 4.90 Å². The minimum absolute atomic E-state index is 0.00337. The molecule has 2 aliphatic rings. The molecule has 0 N–H and O–H groups in total. The molecule has 0 saturated carbocycles. The van der Waals surface area contributed by atoms with E-state index >= 15 is 0 Å². The molecule has 9 heteroatoms. The second-order valence-corrected chi connectivity index (χ2v) is 10.2. The summed E-state index contributed by atoms with van der Waals surface area (Å²) in [5.74, 6) is -2.52. The van der Waals surface area contributed by atoms with E-state index in [1.54, 1.807) is 45.0 Å². The van der Waals surface area contributed by atoms with E-state index in [9.17, 15) is 19.2 Å². The Morgan fingerprint density at radius 3 is 2.34 bits per heavy atom. The first kappa shape index (κ1) is 25.5. The molecule has 0 aliphatic carbocycles. The number of aromatic nitrogens is 2. The van der Waals surface area contributed by atoms with Gasteiger partial charge in [-0.15, -0.1) is 0 Å². The zero-order valence-corrected chi connectivity index (χ0v) is 21.7. The van der Waals surface area contributed by atoms with Crippen molar-refractivity contribution < 1.29 is 23.7 Å². The average Bonchev–Trinajstić information content (AvgIpc) is 3.65. The fraction of sp³-hybridized carbons (Fsp3) is 0.379. The largest absolute Gasteiger partial charge is 0.342 e. The summed E-state index contributed by atoms with van der Waals surface area (Å²) in [6, 6.07) is 13.3. The number of hydrogen-bond donors (Lipinski definition) is 0. The fourth-order valence-electron chi connectivity index (χ4n) is 5.32. The van der Waals surface area contributed by atoms with Crippen LogP contribution < -0.4 is 4.90 Å². The number of likely N-dealkylation sites (tertiary alicyclic amines) is 1. The van der Waals surface area contributed by atoms with Gasteiger partial charge in [-0.1, -0.05) is 43.3 Å². The Balaban J connectivity index is 1.56. The second-order valence-electron chi connectivity index (χ2n) is 10.2. The summed E-state index contributed by atoms with van der Waals surface area (Å²) >= 11 is 0. The first-order valence-electron chi connectivity index (χ1n) is 12.9. The molecule has 2 aliphatic heterocycles. The van der Waals surface area contributed by atoms with Gasteiger partial charge in [0, 0.05) is 37.2 Å². The number of aryl methyl sites for hydroxylation is 1. The van der Waals surface area contributed by atoms with Crippen molar-refractivity contribution in [3.8, 4) is 11.4 Å². The Morgan fingerprint density at radius 2 is 1.71 bits per heavy atom. The van der Waals surface area contributed by atoms with Gasteiger partial charge in [-0.05, 0) is 48.2 Å². The highest BCUT2D eigenvalue weighted by Crippen LogP contribution is 2.42. The first-order valence-corrected chi connectivity index (χ1v) is 12.9. The van der Waals surface area contributed by atoms with Crippen molar-refractivity contribution in [2.24, 2.45) is 11.8 Å². The van der Waals surface area contributed by atoms with Gasteiger partial charge in [0.25, 0.3) is 5.91 Å². The summed E-state index contributed by atoms with van der Waals surface area (Å²) in [5, 5.41) is 3.93. The third-order valence-electron chi connectivity index (χ3n) is 7.29. The van der Waals surface area contributed by atoms with Crippen LogP contribution in [-0.4, -0.2) is 51.5 Å². The number of hydrogen-bond acceptors (Lipinski definition) is 7. The van der Waals surface area contributed by atoms with Crippen LogP contribution in [-0.2, 0) is 25.6 Å². The molecular formula is C29H30N4O5. The van der Waals surface area contributed by atoms with Crippen LogP contribution in [0.1, 0.15) is 49.7 Å². The van der Waals surface area contributed by atoms with E-state index in [4.69, 9.17) is 4.52 Å². The van der Waals surface area contributed by atoms with Gasteiger partial charge in [-0.2, -0.15) is 4.98 Å². The van der Waals surface area contributed by atoms with E-state index < -0.39 is 29.6 Å². The second kappa shape index (κ2) is 10.3. The number of ketones is 2. The molecule has 3 heterocycles. The highest BCUT2D eigenvalue weighted by Gasteiger charge is 2.53. The van der Waals surface area contributed by atoms with Crippen molar-refractivity contribution in [2.75, 3.05) is 18.0 Å². The molecule has 0 radical (unpaired) electrons. The molecule has 196 valence electrons. The Morgan fingerprint density at radius 1 is 1.03 bits per heavy atom. The van der Waals surface area contributed by atoms with E-state index in [0.717, 1.165) is 25.9 Å². The van der Waals surface area contributed by atoms with Crippen LogP contribution in [0.2, 0.25) is 0 Å². The van der Waals surface area contributed by atoms with Crippen LogP contribution in [0.4, 0.5) is 5.69 Å². The van der Waals surface area contributed by atoms with Gasteiger partial charge in [0.15, 0.2) is 0 Å². The number of Topliss-reactive ketones (excluding diaryl/α,β-unsaturated/α-hetero) is 2. The first-order chi connectivity index (χ1) is 18.3. The molecule has 2 amide bonds. The van der Waals surface area contributed by atoms with Crippen LogP contribution in [0.3, 0.4) is 0 Å². The smallest absolute Gasteiger partial charge is 0.295 e. The van der Waals surface area contributed by atoms with Crippen molar-refractivity contribution in [1.29, 1.82) is 0 Å². The van der Waals surface area contributed by atoms with Crippen molar-refractivity contribution in [3.05, 3.63) is 65.5 Å². The molecule has 3 aromatic rings. The van der Waals surface area contributed by atoms with Gasteiger partial charge in [0.05, 0.1) is 12.5 Å². The minimum atomic E-state index is -1.16. The normalized spacial score (nSPS) is 19.6. The quantitative estimate of drug-likeness (QED) is 0.349. The van der Waals surface area contributed by atoms with Crippen LogP contribution >= 0.6 is 0 Å². The molecule has 5 rings (SSSR count). The van der Waals surface area contributed by atoms with Crippen LogP contribution in [0.15, 0.2) is 53.1 Å². The van der Waals surface area contributed by atoms with Crippen molar-refractivity contribution in [2.45, 2.75) is 46.1 Å². The lowest BCUT2D eigenvalue weighted by Crippen LogP contribution is -2.34. The molecule has 2 unspecified atom stereocenters. The van der Waals surface area contributed by atoms with Gasteiger partial charge in [0.1, 0.15) is 11.7 Å². The number of carbonyl (C=O) groups is 4. The fourth-order valence-corrected chi connectivity index (χ4v) is 5.32. The summed E-state index contributed by atoms with van der Waals surface area (Å²) < 4.78 is 5.06. The topological polar surface area (TPSA) is 114 Å². The molecule has 2 aromatic carbocycles. The molecule has 1 aromatic heterocycles. The van der Waals surface area contributed by atoms with Gasteiger partial charge >= 0.3 is 0 Å². The lowest BCUT2D eigenvalue weighted by Gasteiger charge is -2.30. The zero-order chi connectivity index (χ0) is 27.0. The average molecular weight is 515 g/mol. The number of anilines is 1. The lowest BCUT2D eigenvalue weighted by molar-refractivity contribution is -0.139. The summed E-state index contributed by atoms with van der Waals surface area (Å²) in [5.41, 5.74) is 2.50. The molecule has 9 nitrogen and oxygen atoms in total. The third-order valence-corrected chi connectivity index (χ3v) is 7.29. The van der Waals surface area contributed by atoms with Crippen LogP contribution in [0.5, 0.6) is 0 Å². The number of benzene rings is 2. The molecule has 2 atom stereocenters. The van der Waals surface area contributed by atoms with Crippen molar-refractivity contribution >= 4 is 29.1 Å². The number of carbonyl (C=O) groups excluding carboxylic acids is 4. The standard InChI is InChI=1S/C29H30N4O5/c1-17(2)26(35)24-25(22-9-5-4-8-20(22)16-23(34)32-14-6-7-15-32)33(29(37)27(24)36)21-12-10-19(11-13-21)28-30-18(3)38-31-28/h4-5,8-13,17,24-25H,6-7,14-16H2,1-3H3. The molecule has 38 heavy (non-hydrogen) atoms. The number of nitrogens with zero attached hydrogens (tertiary/aromatic N) is 4. The maximum absolute atomic E-state index is 13.4. The number of rotatable bonds is 7.